The molecule has 3 heteroatoms. The quantitative estimate of drug-likeness (QED) is 0.889. The first-order valence-electron chi connectivity index (χ1n) is 7.38. The Hall–Kier alpha value is -1.35. The van der Waals surface area contributed by atoms with Crippen LogP contribution in [0.2, 0.25) is 0 Å². The van der Waals surface area contributed by atoms with Crippen molar-refractivity contribution in [1.29, 1.82) is 0 Å². The standard InChI is InChI=1S/C11H15N3.C5H10/c1-8(2)10-7-14-6-9(5-12)3-4-11(14)13-10;1-2-4-5-3-1/h3-4,6-8H,5,12H2,1-2H3;1-5H2. The summed E-state index contributed by atoms with van der Waals surface area (Å²) in [6.07, 6.45) is 11.6. The molecule has 0 aliphatic heterocycles. The SMILES string of the molecule is C1CCCC1.CC(C)c1cn2cc(CN)ccc2n1. The summed E-state index contributed by atoms with van der Waals surface area (Å²) in [5, 5.41) is 0. The molecule has 2 heterocycles. The molecule has 2 aromatic heterocycles. The number of rotatable bonds is 2. The normalized spacial score (nSPS) is 14.7. The third-order valence-electron chi connectivity index (χ3n) is 3.61. The molecule has 0 aromatic carbocycles. The molecule has 104 valence electrons. The van der Waals surface area contributed by atoms with E-state index in [0.29, 0.717) is 12.5 Å². The second-order valence-electron chi connectivity index (χ2n) is 5.60. The van der Waals surface area contributed by atoms with E-state index < -0.39 is 0 Å². The highest BCUT2D eigenvalue weighted by Gasteiger charge is 2.04. The van der Waals surface area contributed by atoms with Crippen molar-refractivity contribution in [3.8, 4) is 0 Å². The lowest BCUT2D eigenvalue weighted by Gasteiger charge is -1.96. The fourth-order valence-electron chi connectivity index (χ4n) is 2.34. The van der Waals surface area contributed by atoms with Crippen LogP contribution in [-0.2, 0) is 6.54 Å². The Labute approximate surface area is 115 Å². The van der Waals surface area contributed by atoms with Crippen molar-refractivity contribution < 1.29 is 0 Å². The number of nitrogens with zero attached hydrogens (tertiary/aromatic N) is 2. The van der Waals surface area contributed by atoms with Gasteiger partial charge >= 0.3 is 0 Å². The maximum Gasteiger partial charge on any atom is 0.137 e. The second kappa shape index (κ2) is 6.71. The van der Waals surface area contributed by atoms with Crippen LogP contribution in [0, 0.1) is 0 Å². The number of pyridine rings is 1. The zero-order chi connectivity index (χ0) is 13.7. The lowest BCUT2D eigenvalue weighted by molar-refractivity contribution is 0.834. The van der Waals surface area contributed by atoms with E-state index in [0.717, 1.165) is 16.9 Å². The van der Waals surface area contributed by atoms with Crippen molar-refractivity contribution in [2.45, 2.75) is 58.4 Å². The first-order valence-corrected chi connectivity index (χ1v) is 7.38. The minimum absolute atomic E-state index is 0.469. The van der Waals surface area contributed by atoms with Gasteiger partial charge in [0.2, 0.25) is 0 Å². The van der Waals surface area contributed by atoms with Gasteiger partial charge in [-0.15, -0.1) is 0 Å². The number of aromatic nitrogens is 2. The summed E-state index contributed by atoms with van der Waals surface area (Å²) < 4.78 is 2.04. The van der Waals surface area contributed by atoms with Crippen molar-refractivity contribution in [2.24, 2.45) is 5.73 Å². The molecular weight excluding hydrogens is 234 g/mol. The van der Waals surface area contributed by atoms with Crippen LogP contribution in [0.25, 0.3) is 5.65 Å². The van der Waals surface area contributed by atoms with Gasteiger partial charge in [-0.05, 0) is 17.5 Å². The average molecular weight is 259 g/mol. The first kappa shape index (κ1) is 14.1. The van der Waals surface area contributed by atoms with Gasteiger partial charge in [0, 0.05) is 18.9 Å². The summed E-state index contributed by atoms with van der Waals surface area (Å²) in [6, 6.07) is 4.03. The minimum Gasteiger partial charge on any atom is -0.326 e. The molecule has 0 bridgehead atoms. The van der Waals surface area contributed by atoms with Crippen molar-refractivity contribution in [3.05, 3.63) is 35.8 Å². The van der Waals surface area contributed by atoms with Crippen molar-refractivity contribution >= 4 is 5.65 Å². The molecule has 1 aliphatic rings. The Morgan fingerprint density at radius 3 is 2.26 bits per heavy atom. The lowest BCUT2D eigenvalue weighted by atomic mass is 10.2. The predicted octanol–water partition coefficient (Wildman–Crippen LogP) is 3.87. The number of fused-ring (bicyclic) bond motifs is 1. The number of imidazole rings is 1. The van der Waals surface area contributed by atoms with Gasteiger partial charge in [0.1, 0.15) is 5.65 Å². The topological polar surface area (TPSA) is 43.3 Å². The van der Waals surface area contributed by atoms with Crippen LogP contribution in [0.3, 0.4) is 0 Å². The first-order chi connectivity index (χ1) is 9.20. The molecular formula is C16H25N3. The van der Waals surface area contributed by atoms with Crippen molar-refractivity contribution in [3.63, 3.8) is 0 Å². The molecule has 2 aromatic rings. The van der Waals surface area contributed by atoms with E-state index in [-0.39, 0.29) is 0 Å². The largest absolute Gasteiger partial charge is 0.326 e. The Balaban J connectivity index is 0.000000224. The fraction of sp³-hybridized carbons (Fsp3) is 0.562. The summed E-state index contributed by atoms with van der Waals surface area (Å²) in [5.74, 6) is 0.469. The van der Waals surface area contributed by atoms with Crippen LogP contribution in [0.1, 0.15) is 63.1 Å². The van der Waals surface area contributed by atoms with Crippen LogP contribution < -0.4 is 5.73 Å². The van der Waals surface area contributed by atoms with E-state index in [4.69, 9.17) is 5.73 Å². The summed E-state index contributed by atoms with van der Waals surface area (Å²) >= 11 is 0. The average Bonchev–Trinajstić information content (AvgIpc) is 3.10. The second-order valence-corrected chi connectivity index (χ2v) is 5.60. The van der Waals surface area contributed by atoms with Gasteiger partial charge in [-0.2, -0.15) is 0 Å². The van der Waals surface area contributed by atoms with E-state index >= 15 is 0 Å². The molecule has 0 saturated heterocycles. The van der Waals surface area contributed by atoms with Gasteiger partial charge in [-0.3, -0.25) is 0 Å². The Morgan fingerprint density at radius 2 is 1.74 bits per heavy atom. The van der Waals surface area contributed by atoms with E-state index in [1.165, 1.54) is 32.1 Å². The van der Waals surface area contributed by atoms with Crippen LogP contribution in [0.15, 0.2) is 24.5 Å². The van der Waals surface area contributed by atoms with Gasteiger partial charge < -0.3 is 10.1 Å². The van der Waals surface area contributed by atoms with Crippen LogP contribution in [0.5, 0.6) is 0 Å². The maximum absolute atomic E-state index is 5.57. The van der Waals surface area contributed by atoms with Crippen molar-refractivity contribution in [2.75, 3.05) is 0 Å². The molecule has 3 nitrogen and oxygen atoms in total. The molecule has 0 unspecified atom stereocenters. The molecule has 0 amide bonds. The summed E-state index contributed by atoms with van der Waals surface area (Å²) in [4.78, 5) is 4.51. The van der Waals surface area contributed by atoms with E-state index in [1.54, 1.807) is 0 Å². The Morgan fingerprint density at radius 1 is 1.11 bits per heavy atom. The van der Waals surface area contributed by atoms with E-state index in [1.807, 2.05) is 22.7 Å². The molecule has 0 spiro atoms. The van der Waals surface area contributed by atoms with Gasteiger partial charge in [0.25, 0.3) is 0 Å². The molecule has 0 radical (unpaired) electrons. The lowest BCUT2D eigenvalue weighted by Crippen LogP contribution is -1.97. The van der Waals surface area contributed by atoms with Gasteiger partial charge in [0.05, 0.1) is 5.69 Å². The van der Waals surface area contributed by atoms with Crippen LogP contribution >= 0.6 is 0 Å². The number of hydrogen-bond acceptors (Lipinski definition) is 2. The van der Waals surface area contributed by atoms with Gasteiger partial charge in [0.15, 0.2) is 0 Å². The van der Waals surface area contributed by atoms with Crippen LogP contribution in [-0.4, -0.2) is 9.38 Å². The maximum atomic E-state index is 5.57. The number of nitrogens with two attached hydrogens (primary N) is 1. The molecule has 3 rings (SSSR count). The Bertz CT molecular complexity index is 502. The highest BCUT2D eigenvalue weighted by atomic mass is 15.0. The zero-order valence-electron chi connectivity index (χ0n) is 12.1. The third kappa shape index (κ3) is 3.80. The summed E-state index contributed by atoms with van der Waals surface area (Å²) in [6.45, 7) is 4.86. The van der Waals surface area contributed by atoms with E-state index in [9.17, 15) is 0 Å². The molecule has 1 fully saturated rings. The molecule has 1 saturated carbocycles. The van der Waals surface area contributed by atoms with Crippen molar-refractivity contribution in [1.82, 2.24) is 9.38 Å². The highest BCUT2D eigenvalue weighted by molar-refractivity contribution is 5.41. The highest BCUT2D eigenvalue weighted by Crippen LogP contribution is 2.15. The van der Waals surface area contributed by atoms with Gasteiger partial charge in [-0.25, -0.2) is 4.98 Å². The monoisotopic (exact) mass is 259 g/mol. The zero-order valence-corrected chi connectivity index (χ0v) is 12.1. The number of hydrogen-bond donors (Lipinski definition) is 1. The summed E-state index contributed by atoms with van der Waals surface area (Å²) in [7, 11) is 0. The minimum atomic E-state index is 0.469. The third-order valence-corrected chi connectivity index (χ3v) is 3.61. The fourth-order valence-corrected chi connectivity index (χ4v) is 2.34. The van der Waals surface area contributed by atoms with Crippen LogP contribution in [0.4, 0.5) is 0 Å². The smallest absolute Gasteiger partial charge is 0.137 e. The Kier molecular flexibility index (Phi) is 4.97. The molecule has 2 N–H and O–H groups in total. The molecule has 1 aliphatic carbocycles. The molecule has 19 heavy (non-hydrogen) atoms. The summed E-state index contributed by atoms with van der Waals surface area (Å²) in [5.41, 5.74) is 8.82. The van der Waals surface area contributed by atoms with Gasteiger partial charge in [-0.1, -0.05) is 52.0 Å². The predicted molar refractivity (Wildman–Crippen MR) is 80.3 cm³/mol. The van der Waals surface area contributed by atoms with E-state index in [2.05, 4.69) is 25.0 Å². The molecule has 0 atom stereocenters.